The molecule has 0 aliphatic rings. The molecule has 0 aromatic heterocycles. The van der Waals surface area contributed by atoms with E-state index in [-0.39, 0.29) is 4.90 Å². The van der Waals surface area contributed by atoms with Gasteiger partial charge in [0, 0.05) is 0 Å². The summed E-state index contributed by atoms with van der Waals surface area (Å²) in [6, 6.07) is 4.68. The van der Waals surface area contributed by atoms with Gasteiger partial charge in [-0.2, -0.15) is 13.1 Å². The second-order valence-corrected chi connectivity index (χ2v) is 7.21. The zero-order valence-electron chi connectivity index (χ0n) is 10.2. The molecule has 0 heterocycles. The Hall–Kier alpha value is -1.54. The molecular weight excluding hydrogens is 292 g/mol. The van der Waals surface area contributed by atoms with E-state index in [9.17, 15) is 21.6 Å². The predicted molar refractivity (Wildman–Crippen MR) is 68.1 cm³/mol. The fraction of sp³-hybridized carbons (Fsp3) is 0.300. The molecule has 0 unspecified atom stereocenters. The van der Waals surface area contributed by atoms with Crippen LogP contribution >= 0.6 is 0 Å². The van der Waals surface area contributed by atoms with Crippen molar-refractivity contribution in [2.75, 3.05) is 5.88 Å². The molecule has 0 fully saturated rings. The Morgan fingerprint density at radius 2 is 1.84 bits per heavy atom. The third-order valence-electron chi connectivity index (χ3n) is 2.25. The van der Waals surface area contributed by atoms with Gasteiger partial charge in [0.1, 0.15) is 5.88 Å². The number of rotatable bonds is 5. The van der Waals surface area contributed by atoms with Crippen molar-refractivity contribution in [3.8, 4) is 0 Å². The van der Waals surface area contributed by atoms with Gasteiger partial charge in [-0.15, -0.1) is 0 Å². The summed E-state index contributed by atoms with van der Waals surface area (Å²) < 4.78 is 50.2. The Morgan fingerprint density at radius 1 is 1.21 bits per heavy atom. The summed E-state index contributed by atoms with van der Waals surface area (Å²) in [4.78, 5) is 9.87. The third kappa shape index (κ3) is 4.25. The summed E-state index contributed by atoms with van der Waals surface area (Å²) in [7, 11) is -8.16. The van der Waals surface area contributed by atoms with Crippen LogP contribution in [-0.2, 0) is 24.8 Å². The van der Waals surface area contributed by atoms with Crippen LogP contribution in [-0.4, -0.2) is 28.8 Å². The van der Waals surface area contributed by atoms with Crippen molar-refractivity contribution in [2.45, 2.75) is 18.7 Å². The van der Waals surface area contributed by atoms with Crippen LogP contribution < -0.4 is 4.72 Å². The van der Waals surface area contributed by atoms with Crippen LogP contribution in [0, 0.1) is 13.8 Å². The molecule has 0 aliphatic carbocycles. The standard InChI is InChI=1S/C10H12N2O5S2/c1-8-3-4-10(9(2)5-8)18(14,15)7-12-19(16,17)11-6-13/h3-5,12H,7H2,1-2H3. The number of benzene rings is 1. The Balaban J connectivity index is 3.03. The molecule has 7 nitrogen and oxygen atoms in total. The largest absolute Gasteiger partial charge is 0.331 e. The van der Waals surface area contributed by atoms with Gasteiger partial charge in [0.25, 0.3) is 6.08 Å². The average Bonchev–Trinajstić information content (AvgIpc) is 2.26. The van der Waals surface area contributed by atoms with E-state index in [1.807, 2.05) is 6.92 Å². The number of sulfone groups is 1. The molecule has 0 saturated heterocycles. The van der Waals surface area contributed by atoms with Crippen LogP contribution in [0.5, 0.6) is 0 Å². The van der Waals surface area contributed by atoms with Gasteiger partial charge in [-0.1, -0.05) is 22.1 Å². The number of isocyanates is 1. The summed E-state index contributed by atoms with van der Waals surface area (Å²) >= 11 is 0. The lowest BCUT2D eigenvalue weighted by Gasteiger charge is -2.08. The van der Waals surface area contributed by atoms with Gasteiger partial charge in [0.2, 0.25) is 0 Å². The maximum atomic E-state index is 11.9. The molecule has 19 heavy (non-hydrogen) atoms. The van der Waals surface area contributed by atoms with Crippen molar-refractivity contribution in [2.24, 2.45) is 4.40 Å². The fourth-order valence-corrected chi connectivity index (χ4v) is 3.82. The first-order valence-corrected chi connectivity index (χ1v) is 8.16. The van der Waals surface area contributed by atoms with Crippen molar-refractivity contribution in [3.05, 3.63) is 29.3 Å². The topological polar surface area (TPSA) is 110 Å². The molecular formula is C10H12N2O5S2. The van der Waals surface area contributed by atoms with E-state index in [1.54, 1.807) is 23.8 Å². The highest BCUT2D eigenvalue weighted by atomic mass is 32.2. The maximum absolute atomic E-state index is 11.9. The van der Waals surface area contributed by atoms with Crippen LogP contribution in [0.2, 0.25) is 0 Å². The molecule has 0 saturated carbocycles. The van der Waals surface area contributed by atoms with E-state index in [2.05, 4.69) is 4.40 Å². The first-order chi connectivity index (χ1) is 8.68. The molecule has 1 aromatic carbocycles. The first kappa shape index (κ1) is 15.5. The van der Waals surface area contributed by atoms with Gasteiger partial charge < -0.3 is 0 Å². The van der Waals surface area contributed by atoms with E-state index in [0.717, 1.165) is 11.6 Å². The predicted octanol–water partition coefficient (Wildman–Crippen LogP) is 0.205. The van der Waals surface area contributed by atoms with Gasteiger partial charge >= 0.3 is 10.2 Å². The highest BCUT2D eigenvalue weighted by Crippen LogP contribution is 2.17. The third-order valence-corrected chi connectivity index (χ3v) is 4.91. The minimum absolute atomic E-state index is 0.0240. The SMILES string of the molecule is Cc1ccc(S(=O)(=O)CNS(=O)(=O)N=C=O)c(C)c1. The maximum Gasteiger partial charge on any atom is 0.331 e. The van der Waals surface area contributed by atoms with E-state index in [0.29, 0.717) is 5.56 Å². The van der Waals surface area contributed by atoms with E-state index in [4.69, 9.17) is 0 Å². The van der Waals surface area contributed by atoms with Crippen molar-refractivity contribution in [1.29, 1.82) is 0 Å². The number of carbonyl (C=O) groups excluding carboxylic acids is 1. The fourth-order valence-electron chi connectivity index (χ4n) is 1.46. The average molecular weight is 304 g/mol. The quantitative estimate of drug-likeness (QED) is 0.617. The molecule has 0 atom stereocenters. The molecule has 0 aliphatic heterocycles. The molecule has 104 valence electrons. The smallest absolute Gasteiger partial charge is 0.222 e. The summed E-state index contributed by atoms with van der Waals surface area (Å²) in [5.41, 5.74) is 1.40. The van der Waals surface area contributed by atoms with Crippen LogP contribution in [0.3, 0.4) is 0 Å². The van der Waals surface area contributed by atoms with Gasteiger partial charge in [-0.25, -0.2) is 13.2 Å². The molecule has 1 aromatic rings. The number of nitrogens with zero attached hydrogens (tertiary/aromatic N) is 1. The molecule has 0 radical (unpaired) electrons. The van der Waals surface area contributed by atoms with Crippen LogP contribution in [0.15, 0.2) is 27.5 Å². The van der Waals surface area contributed by atoms with E-state index in [1.165, 1.54) is 6.07 Å². The second kappa shape index (κ2) is 5.62. The van der Waals surface area contributed by atoms with Gasteiger partial charge in [-0.05, 0) is 25.5 Å². The van der Waals surface area contributed by atoms with Gasteiger partial charge in [0.15, 0.2) is 9.84 Å². The summed E-state index contributed by atoms with van der Waals surface area (Å²) in [6.07, 6.45) is 0.833. The van der Waals surface area contributed by atoms with Crippen molar-refractivity contribution in [1.82, 2.24) is 4.72 Å². The Kier molecular flexibility index (Phi) is 4.59. The molecule has 0 amide bonds. The van der Waals surface area contributed by atoms with Crippen LogP contribution in [0.1, 0.15) is 11.1 Å². The summed E-state index contributed by atoms with van der Waals surface area (Å²) in [6.45, 7) is 3.42. The van der Waals surface area contributed by atoms with E-state index < -0.39 is 25.9 Å². The molecule has 1 rings (SSSR count). The van der Waals surface area contributed by atoms with Gasteiger partial charge in [0.05, 0.1) is 4.90 Å². The Labute approximate surface area is 111 Å². The lowest BCUT2D eigenvalue weighted by molar-refractivity contribution is 0.561. The van der Waals surface area contributed by atoms with Crippen molar-refractivity contribution >= 4 is 26.1 Å². The zero-order valence-corrected chi connectivity index (χ0v) is 11.9. The highest BCUT2D eigenvalue weighted by molar-refractivity contribution is 7.93. The summed E-state index contributed by atoms with van der Waals surface area (Å²) in [5, 5.41) is 0. The number of hydrogen-bond acceptors (Lipinski definition) is 5. The summed E-state index contributed by atoms with van der Waals surface area (Å²) in [5.74, 6) is -0.871. The minimum Gasteiger partial charge on any atom is -0.222 e. The molecule has 9 heteroatoms. The van der Waals surface area contributed by atoms with Gasteiger partial charge in [-0.3, -0.25) is 0 Å². The number of hydrogen-bond donors (Lipinski definition) is 1. The Morgan fingerprint density at radius 3 is 2.37 bits per heavy atom. The number of nitrogens with one attached hydrogen (secondary N) is 1. The lowest BCUT2D eigenvalue weighted by Crippen LogP contribution is -2.28. The van der Waals surface area contributed by atoms with E-state index >= 15 is 0 Å². The lowest BCUT2D eigenvalue weighted by atomic mass is 10.2. The second-order valence-electron chi connectivity index (χ2n) is 3.83. The van der Waals surface area contributed by atoms with Crippen molar-refractivity contribution in [3.63, 3.8) is 0 Å². The van der Waals surface area contributed by atoms with Crippen molar-refractivity contribution < 1.29 is 21.6 Å². The normalized spacial score (nSPS) is 11.9. The number of aryl methyl sites for hydroxylation is 2. The zero-order chi connectivity index (χ0) is 14.7. The highest BCUT2D eigenvalue weighted by Gasteiger charge is 2.20. The minimum atomic E-state index is -4.32. The Bertz CT molecular complexity index is 731. The van der Waals surface area contributed by atoms with Crippen LogP contribution in [0.4, 0.5) is 0 Å². The monoisotopic (exact) mass is 304 g/mol. The molecule has 0 bridgehead atoms. The molecule has 1 N–H and O–H groups in total. The molecule has 0 spiro atoms. The first-order valence-electron chi connectivity index (χ1n) is 5.07. The van der Waals surface area contributed by atoms with Crippen LogP contribution in [0.25, 0.3) is 0 Å².